The molecule has 11 rings (SSSR count). The van der Waals surface area contributed by atoms with E-state index in [1.54, 1.807) is 0 Å². The minimum absolute atomic E-state index is 0.855. The Morgan fingerprint density at radius 3 is 1.53 bits per heavy atom. The van der Waals surface area contributed by atoms with Gasteiger partial charge in [0.1, 0.15) is 16.7 Å². The second kappa shape index (κ2) is 12.6. The molecule has 0 radical (unpaired) electrons. The zero-order chi connectivity index (χ0) is 36.3. The molecule has 258 valence electrons. The lowest BCUT2D eigenvalue weighted by atomic mass is 10.00. The van der Waals surface area contributed by atoms with Gasteiger partial charge in [0.05, 0.1) is 5.69 Å². The first-order chi connectivity index (χ1) is 27.2. The van der Waals surface area contributed by atoms with Crippen LogP contribution in [0.15, 0.2) is 209 Å². The van der Waals surface area contributed by atoms with Crippen LogP contribution in [0.25, 0.3) is 88.0 Å². The first-order valence-electron chi connectivity index (χ1n) is 18.7. The van der Waals surface area contributed by atoms with E-state index in [9.17, 15) is 0 Å². The van der Waals surface area contributed by atoms with Gasteiger partial charge in [-0.05, 0) is 93.4 Å². The van der Waals surface area contributed by atoms with Crippen LogP contribution in [0.2, 0.25) is 0 Å². The zero-order valence-electron chi connectivity index (χ0n) is 29.8. The molecule has 55 heavy (non-hydrogen) atoms. The van der Waals surface area contributed by atoms with Crippen molar-refractivity contribution in [3.63, 3.8) is 0 Å². The highest BCUT2D eigenvalue weighted by Crippen LogP contribution is 2.44. The third-order valence-corrected chi connectivity index (χ3v) is 10.9. The number of hydrogen-bond donors (Lipinski definition) is 0. The number of benzene rings is 9. The van der Waals surface area contributed by atoms with Crippen molar-refractivity contribution in [2.24, 2.45) is 0 Å². The van der Waals surface area contributed by atoms with Crippen molar-refractivity contribution in [3.8, 4) is 33.4 Å². The van der Waals surface area contributed by atoms with Crippen molar-refractivity contribution >= 4 is 71.7 Å². The number of rotatable bonds is 6. The molecular formula is C52H33NO2. The number of para-hydroxylation sites is 2. The SMILES string of the molecule is c1ccc(-c2ccc(-c3ccc(N(c4ccc(-c5ccc6c(c5)oc5ccccc56)cc4)c4cccc5c4oc4c6ccccc6ccc54)cc3)cc2)cc1. The molecule has 2 heterocycles. The fourth-order valence-electron chi connectivity index (χ4n) is 8.11. The van der Waals surface area contributed by atoms with E-state index in [1.807, 2.05) is 12.1 Å². The van der Waals surface area contributed by atoms with E-state index < -0.39 is 0 Å². The van der Waals surface area contributed by atoms with Crippen molar-refractivity contribution in [1.29, 1.82) is 0 Å². The Balaban J connectivity index is 1.02. The average Bonchev–Trinajstić information content (AvgIpc) is 3.84. The van der Waals surface area contributed by atoms with Gasteiger partial charge in [-0.1, -0.05) is 146 Å². The van der Waals surface area contributed by atoms with Gasteiger partial charge < -0.3 is 13.7 Å². The molecule has 3 heteroatoms. The zero-order valence-corrected chi connectivity index (χ0v) is 29.8. The summed E-state index contributed by atoms with van der Waals surface area (Å²) in [6, 6.07) is 70.9. The molecule has 0 aliphatic rings. The monoisotopic (exact) mass is 703 g/mol. The summed E-state index contributed by atoms with van der Waals surface area (Å²) >= 11 is 0. The summed E-state index contributed by atoms with van der Waals surface area (Å²) < 4.78 is 13.1. The Hall–Kier alpha value is -7.36. The standard InChI is InChI=1S/C52H33NO2/c1-2-9-34(10-3-1)35-17-19-36(20-18-35)37-21-27-41(28-22-37)53(48-15-8-14-46-47-32-25-39-11-4-5-12-43(39)51(47)55-52(46)48)42-29-23-38(24-30-42)40-26-31-45-44-13-6-7-16-49(44)54-50(45)33-40/h1-33H. The summed E-state index contributed by atoms with van der Waals surface area (Å²) in [7, 11) is 0. The van der Waals surface area contributed by atoms with Crippen molar-refractivity contribution < 1.29 is 8.83 Å². The maximum absolute atomic E-state index is 6.87. The maximum Gasteiger partial charge on any atom is 0.159 e. The van der Waals surface area contributed by atoms with Crippen LogP contribution in [0.1, 0.15) is 0 Å². The molecule has 11 aromatic rings. The molecule has 0 atom stereocenters. The van der Waals surface area contributed by atoms with Gasteiger partial charge in [-0.2, -0.15) is 0 Å². The first-order valence-corrected chi connectivity index (χ1v) is 18.7. The molecule has 0 fully saturated rings. The number of fused-ring (bicyclic) bond motifs is 8. The Morgan fingerprint density at radius 1 is 0.291 bits per heavy atom. The van der Waals surface area contributed by atoms with Crippen molar-refractivity contribution in [1.82, 2.24) is 0 Å². The van der Waals surface area contributed by atoms with E-state index in [2.05, 4.69) is 193 Å². The van der Waals surface area contributed by atoms with Gasteiger partial charge in [0.15, 0.2) is 5.58 Å². The number of anilines is 3. The van der Waals surface area contributed by atoms with Crippen LogP contribution >= 0.6 is 0 Å². The van der Waals surface area contributed by atoms with E-state index in [0.717, 1.165) is 88.4 Å². The van der Waals surface area contributed by atoms with Gasteiger partial charge in [-0.3, -0.25) is 0 Å². The molecule has 0 bridgehead atoms. The molecule has 9 aromatic carbocycles. The van der Waals surface area contributed by atoms with Gasteiger partial charge in [-0.15, -0.1) is 0 Å². The summed E-state index contributed by atoms with van der Waals surface area (Å²) in [4.78, 5) is 2.31. The summed E-state index contributed by atoms with van der Waals surface area (Å²) in [6.07, 6.45) is 0. The van der Waals surface area contributed by atoms with Crippen molar-refractivity contribution in [2.45, 2.75) is 0 Å². The van der Waals surface area contributed by atoms with Gasteiger partial charge in [0.25, 0.3) is 0 Å². The lowest BCUT2D eigenvalue weighted by Gasteiger charge is -2.26. The lowest BCUT2D eigenvalue weighted by molar-refractivity contribution is 0.669. The Morgan fingerprint density at radius 2 is 0.800 bits per heavy atom. The molecular weight excluding hydrogens is 671 g/mol. The second-order valence-electron chi connectivity index (χ2n) is 14.1. The molecule has 0 unspecified atom stereocenters. The topological polar surface area (TPSA) is 29.5 Å². The van der Waals surface area contributed by atoms with Gasteiger partial charge in [-0.25, -0.2) is 0 Å². The summed E-state index contributed by atoms with van der Waals surface area (Å²) in [5, 5.41) is 6.75. The van der Waals surface area contributed by atoms with Crippen LogP contribution in [-0.4, -0.2) is 0 Å². The van der Waals surface area contributed by atoms with E-state index in [0.29, 0.717) is 0 Å². The first kappa shape index (κ1) is 31.2. The minimum atomic E-state index is 0.855. The molecule has 0 aliphatic heterocycles. The summed E-state index contributed by atoms with van der Waals surface area (Å²) in [6.45, 7) is 0. The van der Waals surface area contributed by atoms with Crippen molar-refractivity contribution in [3.05, 3.63) is 200 Å². The third-order valence-electron chi connectivity index (χ3n) is 10.9. The molecule has 0 N–H and O–H groups in total. The molecule has 0 saturated carbocycles. The summed E-state index contributed by atoms with van der Waals surface area (Å²) in [5.74, 6) is 0. The van der Waals surface area contributed by atoms with Crippen LogP contribution in [0.5, 0.6) is 0 Å². The lowest BCUT2D eigenvalue weighted by Crippen LogP contribution is -2.10. The molecule has 3 nitrogen and oxygen atoms in total. The Kier molecular flexibility index (Phi) is 7.17. The average molecular weight is 704 g/mol. The van der Waals surface area contributed by atoms with Gasteiger partial charge >= 0.3 is 0 Å². The third kappa shape index (κ3) is 5.28. The van der Waals surface area contributed by atoms with Gasteiger partial charge in [0, 0.05) is 38.3 Å². The summed E-state index contributed by atoms with van der Waals surface area (Å²) in [5.41, 5.74) is 13.6. The van der Waals surface area contributed by atoms with Crippen LogP contribution in [-0.2, 0) is 0 Å². The molecule has 0 saturated heterocycles. The second-order valence-corrected chi connectivity index (χ2v) is 14.1. The quantitative estimate of drug-likeness (QED) is 0.173. The Bertz CT molecular complexity index is 3170. The Labute approximate surface area is 317 Å². The highest BCUT2D eigenvalue weighted by atomic mass is 16.3. The molecule has 0 spiro atoms. The normalized spacial score (nSPS) is 11.6. The van der Waals surface area contributed by atoms with Crippen molar-refractivity contribution in [2.75, 3.05) is 4.90 Å². The van der Waals surface area contributed by atoms with Crippen LogP contribution in [0, 0.1) is 0 Å². The highest BCUT2D eigenvalue weighted by molar-refractivity contribution is 6.17. The van der Waals surface area contributed by atoms with Crippen LogP contribution < -0.4 is 4.90 Å². The number of furan rings is 2. The van der Waals surface area contributed by atoms with E-state index in [4.69, 9.17) is 8.83 Å². The predicted octanol–water partition coefficient (Wildman–Crippen LogP) is 15.1. The number of nitrogens with zero attached hydrogens (tertiary/aromatic N) is 1. The number of hydrogen-bond acceptors (Lipinski definition) is 3. The molecule has 0 aliphatic carbocycles. The largest absolute Gasteiger partial charge is 0.456 e. The fourth-order valence-corrected chi connectivity index (χ4v) is 8.11. The van der Waals surface area contributed by atoms with E-state index >= 15 is 0 Å². The smallest absolute Gasteiger partial charge is 0.159 e. The minimum Gasteiger partial charge on any atom is -0.456 e. The van der Waals surface area contributed by atoms with Crippen LogP contribution in [0.3, 0.4) is 0 Å². The van der Waals surface area contributed by atoms with Crippen LogP contribution in [0.4, 0.5) is 17.1 Å². The van der Waals surface area contributed by atoms with Gasteiger partial charge in [0.2, 0.25) is 0 Å². The van der Waals surface area contributed by atoms with E-state index in [1.165, 1.54) is 16.7 Å². The molecule has 0 amide bonds. The predicted molar refractivity (Wildman–Crippen MR) is 229 cm³/mol. The molecule has 2 aromatic heterocycles. The maximum atomic E-state index is 6.87. The highest BCUT2D eigenvalue weighted by Gasteiger charge is 2.20. The fraction of sp³-hybridized carbons (Fsp3) is 0. The van der Waals surface area contributed by atoms with E-state index in [-0.39, 0.29) is 0 Å².